The summed E-state index contributed by atoms with van der Waals surface area (Å²) < 4.78 is 0. The molecule has 130 valence electrons. The summed E-state index contributed by atoms with van der Waals surface area (Å²) in [5, 5.41) is 3.12. The van der Waals surface area contributed by atoms with Crippen LogP contribution in [0.5, 0.6) is 0 Å². The van der Waals surface area contributed by atoms with Crippen LogP contribution in [0.25, 0.3) is 0 Å². The molecular weight excluding hydrogens is 300 g/mol. The van der Waals surface area contributed by atoms with Crippen molar-refractivity contribution in [2.24, 2.45) is 11.8 Å². The van der Waals surface area contributed by atoms with E-state index in [1.807, 2.05) is 24.0 Å². The lowest BCUT2D eigenvalue weighted by molar-refractivity contribution is 0.0821. The molecule has 2 aliphatic carbocycles. The minimum absolute atomic E-state index is 0.0177. The lowest BCUT2D eigenvalue weighted by atomic mass is 9.93. The molecule has 1 aromatic heterocycles. The zero-order chi connectivity index (χ0) is 16.5. The Labute approximate surface area is 144 Å². The summed E-state index contributed by atoms with van der Waals surface area (Å²) in [5.41, 5.74) is 1.10. The monoisotopic (exact) mass is 328 g/mol. The highest BCUT2D eigenvalue weighted by atomic mass is 16.2. The number of nitrogens with zero attached hydrogens (tertiary/aromatic N) is 3. The average molecular weight is 328 g/mol. The van der Waals surface area contributed by atoms with Gasteiger partial charge in [-0.05, 0) is 55.7 Å². The van der Waals surface area contributed by atoms with Crippen LogP contribution >= 0.6 is 0 Å². The van der Waals surface area contributed by atoms with E-state index >= 15 is 0 Å². The molecule has 4 atom stereocenters. The second-order valence-corrected chi connectivity index (χ2v) is 7.72. The molecular formula is C19H28N4O. The fourth-order valence-corrected chi connectivity index (χ4v) is 4.93. The van der Waals surface area contributed by atoms with Gasteiger partial charge in [0.25, 0.3) is 0 Å². The Morgan fingerprint density at radius 1 is 1.17 bits per heavy atom. The van der Waals surface area contributed by atoms with Gasteiger partial charge in [0.1, 0.15) is 0 Å². The molecule has 0 radical (unpaired) electrons. The van der Waals surface area contributed by atoms with Crippen molar-refractivity contribution in [2.45, 2.75) is 44.7 Å². The summed E-state index contributed by atoms with van der Waals surface area (Å²) in [6.07, 6.45) is 9.28. The molecule has 2 heterocycles. The standard InChI is InChI=1S/C19H28N4O/c1-14(16-4-6-20-7-5-16)21-19(24)23-10-8-22(9-11-23)18-13-15-2-3-17(18)12-15/h4-7,14-15,17-18H,2-3,8-13H2,1H3,(H,21,24). The van der Waals surface area contributed by atoms with Crippen molar-refractivity contribution in [3.63, 3.8) is 0 Å². The lowest BCUT2D eigenvalue weighted by Gasteiger charge is -2.41. The first-order valence-corrected chi connectivity index (χ1v) is 9.40. The number of amides is 2. The maximum atomic E-state index is 12.5. The minimum atomic E-state index is 0.0177. The second-order valence-electron chi connectivity index (χ2n) is 7.72. The molecule has 1 saturated heterocycles. The van der Waals surface area contributed by atoms with Crippen LogP contribution in [0.3, 0.4) is 0 Å². The van der Waals surface area contributed by atoms with E-state index in [2.05, 4.69) is 15.2 Å². The van der Waals surface area contributed by atoms with Crippen LogP contribution in [0, 0.1) is 11.8 Å². The smallest absolute Gasteiger partial charge is 0.317 e. The Bertz CT molecular complexity index is 570. The maximum Gasteiger partial charge on any atom is 0.317 e. The summed E-state index contributed by atoms with van der Waals surface area (Å²) >= 11 is 0. The number of carbonyl (C=O) groups excluding carboxylic acids is 1. The van der Waals surface area contributed by atoms with Crippen LogP contribution < -0.4 is 5.32 Å². The number of rotatable bonds is 3. The Hall–Kier alpha value is -1.62. The van der Waals surface area contributed by atoms with Gasteiger partial charge in [-0.3, -0.25) is 9.88 Å². The summed E-state index contributed by atoms with van der Waals surface area (Å²) in [6.45, 7) is 5.79. The van der Waals surface area contributed by atoms with Crippen molar-refractivity contribution in [2.75, 3.05) is 26.2 Å². The molecule has 3 aliphatic rings. The van der Waals surface area contributed by atoms with E-state index in [4.69, 9.17) is 0 Å². The fourth-order valence-electron chi connectivity index (χ4n) is 4.93. The van der Waals surface area contributed by atoms with Crippen molar-refractivity contribution in [1.82, 2.24) is 20.1 Å². The summed E-state index contributed by atoms with van der Waals surface area (Å²) in [5.74, 6) is 1.92. The highest BCUT2D eigenvalue weighted by Gasteiger charge is 2.42. The topological polar surface area (TPSA) is 48.5 Å². The SMILES string of the molecule is CC(NC(=O)N1CCN(C2CC3CCC2C3)CC1)c1ccncc1. The molecule has 2 amide bonds. The van der Waals surface area contributed by atoms with E-state index in [9.17, 15) is 4.79 Å². The Kier molecular flexibility index (Phi) is 4.44. The Balaban J connectivity index is 1.27. The van der Waals surface area contributed by atoms with Crippen LogP contribution in [-0.4, -0.2) is 53.0 Å². The molecule has 4 rings (SSSR count). The number of hydrogen-bond acceptors (Lipinski definition) is 3. The highest BCUT2D eigenvalue weighted by Crippen LogP contribution is 2.46. The number of pyridine rings is 1. The van der Waals surface area contributed by atoms with Crippen molar-refractivity contribution >= 4 is 6.03 Å². The zero-order valence-corrected chi connectivity index (χ0v) is 14.5. The predicted octanol–water partition coefficient (Wildman–Crippen LogP) is 2.66. The Morgan fingerprint density at radius 3 is 2.54 bits per heavy atom. The van der Waals surface area contributed by atoms with Crippen LogP contribution in [0.2, 0.25) is 0 Å². The predicted molar refractivity (Wildman–Crippen MR) is 93.6 cm³/mol. The first-order valence-electron chi connectivity index (χ1n) is 9.40. The van der Waals surface area contributed by atoms with Crippen molar-refractivity contribution < 1.29 is 4.79 Å². The van der Waals surface area contributed by atoms with Gasteiger partial charge in [0.05, 0.1) is 6.04 Å². The van der Waals surface area contributed by atoms with Gasteiger partial charge in [0.15, 0.2) is 0 Å². The fraction of sp³-hybridized carbons (Fsp3) is 0.684. The number of carbonyl (C=O) groups is 1. The van der Waals surface area contributed by atoms with Gasteiger partial charge in [-0.25, -0.2) is 4.79 Å². The third kappa shape index (κ3) is 3.14. The highest BCUT2D eigenvalue weighted by molar-refractivity contribution is 5.74. The molecule has 2 bridgehead atoms. The van der Waals surface area contributed by atoms with Crippen LogP contribution in [-0.2, 0) is 0 Å². The van der Waals surface area contributed by atoms with Crippen molar-refractivity contribution in [1.29, 1.82) is 0 Å². The van der Waals surface area contributed by atoms with E-state index in [1.165, 1.54) is 25.7 Å². The number of fused-ring (bicyclic) bond motifs is 2. The first-order chi connectivity index (χ1) is 11.7. The molecule has 1 N–H and O–H groups in total. The third-order valence-electron chi connectivity index (χ3n) is 6.32. The molecule has 24 heavy (non-hydrogen) atoms. The number of nitrogens with one attached hydrogen (secondary N) is 1. The van der Waals surface area contributed by atoms with E-state index in [1.54, 1.807) is 12.4 Å². The maximum absolute atomic E-state index is 12.5. The van der Waals surface area contributed by atoms with Gasteiger partial charge in [-0.2, -0.15) is 0 Å². The number of hydrogen-bond donors (Lipinski definition) is 1. The van der Waals surface area contributed by atoms with Gasteiger partial charge in [0, 0.05) is 44.6 Å². The van der Waals surface area contributed by atoms with Crippen LogP contribution in [0.1, 0.15) is 44.2 Å². The van der Waals surface area contributed by atoms with Gasteiger partial charge in [-0.15, -0.1) is 0 Å². The van der Waals surface area contributed by atoms with Crippen LogP contribution in [0.15, 0.2) is 24.5 Å². The van der Waals surface area contributed by atoms with Crippen molar-refractivity contribution in [3.05, 3.63) is 30.1 Å². The van der Waals surface area contributed by atoms with Crippen molar-refractivity contribution in [3.8, 4) is 0 Å². The zero-order valence-electron chi connectivity index (χ0n) is 14.5. The second kappa shape index (κ2) is 6.71. The average Bonchev–Trinajstić information content (AvgIpc) is 3.26. The molecule has 4 unspecified atom stereocenters. The molecule has 0 aromatic carbocycles. The van der Waals surface area contributed by atoms with Gasteiger partial charge in [0.2, 0.25) is 0 Å². The third-order valence-corrected chi connectivity index (χ3v) is 6.32. The number of aromatic nitrogens is 1. The number of piperazine rings is 1. The van der Waals surface area contributed by atoms with Gasteiger partial charge >= 0.3 is 6.03 Å². The van der Waals surface area contributed by atoms with E-state index in [-0.39, 0.29) is 12.1 Å². The summed E-state index contributed by atoms with van der Waals surface area (Å²) in [6, 6.07) is 4.79. The molecule has 5 heteroatoms. The van der Waals surface area contributed by atoms with E-state index in [0.29, 0.717) is 0 Å². The largest absolute Gasteiger partial charge is 0.331 e. The lowest BCUT2D eigenvalue weighted by Crippen LogP contribution is -2.55. The molecule has 1 aromatic rings. The molecule has 2 saturated carbocycles. The van der Waals surface area contributed by atoms with E-state index < -0.39 is 0 Å². The molecule has 0 spiro atoms. The van der Waals surface area contributed by atoms with Crippen LogP contribution in [0.4, 0.5) is 4.79 Å². The number of urea groups is 1. The van der Waals surface area contributed by atoms with Gasteiger partial charge in [-0.1, -0.05) is 6.42 Å². The molecule has 1 aliphatic heterocycles. The molecule has 3 fully saturated rings. The summed E-state index contributed by atoms with van der Waals surface area (Å²) in [7, 11) is 0. The normalized spacial score (nSPS) is 31.2. The summed E-state index contributed by atoms with van der Waals surface area (Å²) in [4.78, 5) is 21.2. The minimum Gasteiger partial charge on any atom is -0.331 e. The van der Waals surface area contributed by atoms with Gasteiger partial charge < -0.3 is 10.2 Å². The quantitative estimate of drug-likeness (QED) is 0.928. The Morgan fingerprint density at radius 2 is 1.92 bits per heavy atom. The molecule has 5 nitrogen and oxygen atoms in total. The van der Waals surface area contributed by atoms with E-state index in [0.717, 1.165) is 49.6 Å². The first kappa shape index (κ1) is 15.9.